The van der Waals surface area contributed by atoms with Crippen LogP contribution in [0.15, 0.2) is 54.6 Å². The van der Waals surface area contributed by atoms with E-state index in [2.05, 4.69) is 10.6 Å². The Morgan fingerprint density at radius 1 is 1.08 bits per heavy atom. The lowest BCUT2D eigenvalue weighted by molar-refractivity contribution is -0.698. The lowest BCUT2D eigenvalue weighted by atomic mass is 10.1. The van der Waals surface area contributed by atoms with Crippen molar-refractivity contribution in [1.29, 1.82) is 0 Å². The lowest BCUT2D eigenvalue weighted by Crippen LogP contribution is -2.86. The fourth-order valence-corrected chi connectivity index (χ4v) is 2.57. The van der Waals surface area contributed by atoms with Crippen molar-refractivity contribution in [3.05, 3.63) is 70.7 Å². The summed E-state index contributed by atoms with van der Waals surface area (Å²) in [6, 6.07) is 15.8. The van der Waals surface area contributed by atoms with Gasteiger partial charge in [0.05, 0.1) is 0 Å². The van der Waals surface area contributed by atoms with Gasteiger partial charge in [0.1, 0.15) is 6.54 Å². The van der Waals surface area contributed by atoms with E-state index in [1.165, 1.54) is 0 Å². The van der Waals surface area contributed by atoms with E-state index in [4.69, 9.17) is 11.6 Å². The molecule has 0 saturated carbocycles. The van der Waals surface area contributed by atoms with Gasteiger partial charge in [0.25, 0.3) is 5.91 Å². The number of hydrogen-bond donors (Lipinski definition) is 3. The first-order valence-electron chi connectivity index (χ1n) is 7.82. The van der Waals surface area contributed by atoms with Gasteiger partial charge in [-0.2, -0.15) is 0 Å². The average Bonchev–Trinajstić information content (AvgIpc) is 2.58. The van der Waals surface area contributed by atoms with Crippen molar-refractivity contribution in [2.24, 2.45) is 0 Å². The molecule has 4 N–H and O–H groups in total. The van der Waals surface area contributed by atoms with Crippen LogP contribution >= 0.6 is 11.6 Å². The van der Waals surface area contributed by atoms with E-state index in [0.717, 1.165) is 11.1 Å². The number of nitrogens with one attached hydrogen (secondary N) is 2. The molecule has 0 aliphatic rings. The van der Waals surface area contributed by atoms with Gasteiger partial charge in [0.2, 0.25) is 0 Å². The van der Waals surface area contributed by atoms with Gasteiger partial charge >= 0.3 is 6.03 Å². The zero-order chi connectivity index (χ0) is 17.4. The number of halogens is 1. The molecule has 0 heterocycles. The van der Waals surface area contributed by atoms with E-state index in [9.17, 15) is 9.59 Å². The second-order valence-corrected chi connectivity index (χ2v) is 5.68. The second kappa shape index (κ2) is 9.05. The molecule has 2 aromatic rings. The molecule has 126 valence electrons. The molecule has 6 heteroatoms. The summed E-state index contributed by atoms with van der Waals surface area (Å²) in [7, 11) is 0. The number of carbonyl (C=O) groups is 2. The highest BCUT2D eigenvalue weighted by molar-refractivity contribution is 6.31. The number of benzene rings is 2. The molecule has 24 heavy (non-hydrogen) atoms. The van der Waals surface area contributed by atoms with Crippen LogP contribution in [0.25, 0.3) is 0 Å². The number of quaternary nitrogens is 1. The fraction of sp³-hybridized carbons (Fsp3) is 0.222. The Bertz CT molecular complexity index is 692. The second-order valence-electron chi connectivity index (χ2n) is 5.27. The summed E-state index contributed by atoms with van der Waals surface area (Å²) in [4.78, 5) is 24.1. The largest absolute Gasteiger partial charge is 0.338 e. The Hall–Kier alpha value is -2.37. The third-order valence-electron chi connectivity index (χ3n) is 3.55. The Balaban J connectivity index is 2.13. The minimum atomic E-state index is -0.537. The monoisotopic (exact) mass is 346 g/mol. The van der Waals surface area contributed by atoms with Crippen molar-refractivity contribution in [2.45, 2.75) is 19.5 Å². The molecule has 3 amide bonds. The van der Waals surface area contributed by atoms with Gasteiger partial charge in [0, 0.05) is 22.7 Å². The molecule has 2 aromatic carbocycles. The van der Waals surface area contributed by atoms with Crippen molar-refractivity contribution < 1.29 is 14.9 Å². The normalized spacial score (nSPS) is 11.6. The first-order chi connectivity index (χ1) is 11.6. The minimum absolute atomic E-state index is 0.362. The summed E-state index contributed by atoms with van der Waals surface area (Å²) in [6.07, 6.45) is 0. The van der Waals surface area contributed by atoms with E-state index >= 15 is 0 Å². The summed E-state index contributed by atoms with van der Waals surface area (Å²) in [6.45, 7) is 2.78. The van der Waals surface area contributed by atoms with Gasteiger partial charge in [0.15, 0.2) is 6.04 Å². The number of amides is 3. The molecule has 0 saturated heterocycles. The third kappa shape index (κ3) is 5.08. The van der Waals surface area contributed by atoms with Crippen molar-refractivity contribution in [3.63, 3.8) is 0 Å². The summed E-state index contributed by atoms with van der Waals surface area (Å²) < 4.78 is 0. The lowest BCUT2D eigenvalue weighted by Gasteiger charge is -2.16. The molecular formula is C18H21ClN3O2+. The maximum atomic E-state index is 12.5. The van der Waals surface area contributed by atoms with Crippen LogP contribution in [-0.4, -0.2) is 18.5 Å². The highest BCUT2D eigenvalue weighted by Crippen LogP contribution is 2.14. The third-order valence-corrected chi connectivity index (χ3v) is 3.92. The Morgan fingerprint density at radius 3 is 2.42 bits per heavy atom. The predicted molar refractivity (Wildman–Crippen MR) is 93.5 cm³/mol. The van der Waals surface area contributed by atoms with E-state index in [1.807, 2.05) is 59.9 Å². The van der Waals surface area contributed by atoms with Crippen LogP contribution in [0.3, 0.4) is 0 Å². The Kier molecular flexibility index (Phi) is 6.78. The quantitative estimate of drug-likeness (QED) is 0.748. The molecule has 0 aliphatic heterocycles. The van der Waals surface area contributed by atoms with Crippen molar-refractivity contribution in [3.8, 4) is 0 Å². The average molecular weight is 347 g/mol. The van der Waals surface area contributed by atoms with Crippen LogP contribution in [0.5, 0.6) is 0 Å². The van der Waals surface area contributed by atoms with E-state index in [-0.39, 0.29) is 5.91 Å². The standard InChI is InChI=1S/C18H20ClN3O2/c1-2-20-18(24)22-17(23)16(13-8-4-3-5-9-13)21-12-14-10-6-7-11-15(14)19/h3-11,16,21H,2,12H2,1H3,(H2,20,22,23,24)/p+1/t16-/m0/s1. The topological polar surface area (TPSA) is 74.8 Å². The first kappa shape index (κ1) is 18.0. The molecule has 0 unspecified atom stereocenters. The maximum absolute atomic E-state index is 12.5. The molecule has 1 atom stereocenters. The van der Waals surface area contributed by atoms with Gasteiger partial charge in [-0.25, -0.2) is 4.79 Å². The van der Waals surface area contributed by atoms with E-state index in [1.54, 1.807) is 6.92 Å². The zero-order valence-electron chi connectivity index (χ0n) is 13.5. The molecule has 0 fully saturated rings. The van der Waals surface area contributed by atoms with Crippen LogP contribution in [-0.2, 0) is 11.3 Å². The van der Waals surface area contributed by atoms with Crippen LogP contribution in [0.2, 0.25) is 5.02 Å². The molecule has 5 nitrogen and oxygen atoms in total. The van der Waals surface area contributed by atoms with Crippen LogP contribution in [0, 0.1) is 0 Å². The van der Waals surface area contributed by atoms with Crippen molar-refractivity contribution >= 4 is 23.5 Å². The zero-order valence-corrected chi connectivity index (χ0v) is 14.2. The number of hydrogen-bond acceptors (Lipinski definition) is 2. The first-order valence-corrected chi connectivity index (χ1v) is 8.20. The minimum Gasteiger partial charge on any atom is -0.338 e. The van der Waals surface area contributed by atoms with E-state index in [0.29, 0.717) is 18.1 Å². The van der Waals surface area contributed by atoms with Gasteiger partial charge < -0.3 is 10.6 Å². The maximum Gasteiger partial charge on any atom is 0.321 e. The van der Waals surface area contributed by atoms with E-state index < -0.39 is 12.1 Å². The Labute approximate surface area is 146 Å². The smallest absolute Gasteiger partial charge is 0.321 e. The number of imide groups is 1. The van der Waals surface area contributed by atoms with Crippen LogP contribution < -0.4 is 16.0 Å². The molecule has 0 spiro atoms. The van der Waals surface area contributed by atoms with Gasteiger partial charge in [-0.3, -0.25) is 10.1 Å². The predicted octanol–water partition coefficient (Wildman–Crippen LogP) is 1.99. The molecule has 0 bridgehead atoms. The van der Waals surface area contributed by atoms with Crippen LogP contribution in [0.1, 0.15) is 24.1 Å². The highest BCUT2D eigenvalue weighted by atomic mass is 35.5. The number of rotatable bonds is 6. The number of urea groups is 1. The molecule has 0 aliphatic carbocycles. The number of carbonyl (C=O) groups excluding carboxylic acids is 2. The van der Waals surface area contributed by atoms with Gasteiger partial charge in [-0.1, -0.05) is 60.1 Å². The van der Waals surface area contributed by atoms with Gasteiger partial charge in [-0.15, -0.1) is 0 Å². The summed E-state index contributed by atoms with van der Waals surface area (Å²) in [5.41, 5.74) is 1.76. The molecular weight excluding hydrogens is 326 g/mol. The summed E-state index contributed by atoms with van der Waals surface area (Å²) in [5.74, 6) is -0.362. The van der Waals surface area contributed by atoms with Crippen LogP contribution in [0.4, 0.5) is 4.79 Å². The number of nitrogens with two attached hydrogens (primary N) is 1. The fourth-order valence-electron chi connectivity index (χ4n) is 2.36. The SMILES string of the molecule is CCNC(=O)NC(=O)[C@@H]([NH2+]Cc1ccccc1Cl)c1ccccc1. The molecule has 0 aromatic heterocycles. The highest BCUT2D eigenvalue weighted by Gasteiger charge is 2.25. The summed E-state index contributed by atoms with van der Waals surface area (Å²) >= 11 is 6.17. The molecule has 0 radical (unpaired) electrons. The summed E-state index contributed by atoms with van der Waals surface area (Å²) in [5, 5.41) is 7.46. The Morgan fingerprint density at radius 2 is 1.75 bits per heavy atom. The molecule has 2 rings (SSSR count). The van der Waals surface area contributed by atoms with Crippen molar-refractivity contribution in [1.82, 2.24) is 10.6 Å². The van der Waals surface area contributed by atoms with Gasteiger partial charge in [-0.05, 0) is 13.0 Å². The van der Waals surface area contributed by atoms with Crippen molar-refractivity contribution in [2.75, 3.05) is 6.54 Å².